The lowest BCUT2D eigenvalue weighted by Gasteiger charge is -2.18. The zero-order valence-electron chi connectivity index (χ0n) is 11.5. The van der Waals surface area contributed by atoms with Crippen LogP contribution in [0.25, 0.3) is 0 Å². The molecule has 0 amide bonds. The summed E-state index contributed by atoms with van der Waals surface area (Å²) in [6.45, 7) is 5.22. The van der Waals surface area contributed by atoms with Crippen molar-refractivity contribution in [2.75, 3.05) is 25.9 Å². The molecule has 106 valence electrons. The third-order valence-electron chi connectivity index (χ3n) is 3.76. The van der Waals surface area contributed by atoms with Gasteiger partial charge in [0, 0.05) is 18.8 Å². The van der Waals surface area contributed by atoms with Crippen LogP contribution in [0.4, 0.5) is 5.69 Å². The molecule has 0 spiro atoms. The molecule has 1 aliphatic rings. The van der Waals surface area contributed by atoms with Crippen LogP contribution in [0.5, 0.6) is 5.75 Å². The molecule has 2 N–H and O–H groups in total. The number of nitrogens with two attached hydrogens (primary N) is 1. The Bertz CT molecular complexity index is 561. The first-order valence-electron chi connectivity index (χ1n) is 6.30. The van der Waals surface area contributed by atoms with Crippen LogP contribution in [-0.2, 0) is 10.0 Å². The molecule has 0 aromatic heterocycles. The SMILES string of the molecule is COc1ccc(N)cc1S(=O)(=O)N1CC(C)C(C)C1. The number of hydrogen-bond donors (Lipinski definition) is 1. The molecule has 2 rings (SSSR count). The van der Waals surface area contributed by atoms with Gasteiger partial charge in [-0.25, -0.2) is 8.42 Å². The molecule has 19 heavy (non-hydrogen) atoms. The lowest BCUT2D eigenvalue weighted by atomic mass is 10.0. The molecule has 1 aromatic rings. The predicted octanol–water partition coefficient (Wildman–Crippen LogP) is 1.55. The Balaban J connectivity index is 2.43. The molecule has 0 radical (unpaired) electrons. The maximum absolute atomic E-state index is 12.6. The zero-order valence-corrected chi connectivity index (χ0v) is 12.3. The van der Waals surface area contributed by atoms with E-state index in [1.165, 1.54) is 17.5 Å². The van der Waals surface area contributed by atoms with Crippen LogP contribution in [0.15, 0.2) is 23.1 Å². The van der Waals surface area contributed by atoms with E-state index in [4.69, 9.17) is 10.5 Å². The molecule has 6 heteroatoms. The monoisotopic (exact) mass is 284 g/mol. The Hall–Kier alpha value is -1.27. The Labute approximate surface area is 114 Å². The predicted molar refractivity (Wildman–Crippen MR) is 74.5 cm³/mol. The minimum absolute atomic E-state index is 0.149. The van der Waals surface area contributed by atoms with E-state index in [0.29, 0.717) is 36.4 Å². The van der Waals surface area contributed by atoms with Crippen molar-refractivity contribution in [2.24, 2.45) is 11.8 Å². The molecule has 5 nitrogen and oxygen atoms in total. The highest BCUT2D eigenvalue weighted by Crippen LogP contribution is 2.33. The molecule has 0 bridgehead atoms. The molecular formula is C13H20N2O3S. The second-order valence-electron chi connectivity index (χ2n) is 5.19. The van der Waals surface area contributed by atoms with E-state index in [2.05, 4.69) is 13.8 Å². The van der Waals surface area contributed by atoms with E-state index >= 15 is 0 Å². The van der Waals surface area contributed by atoms with Crippen molar-refractivity contribution >= 4 is 15.7 Å². The smallest absolute Gasteiger partial charge is 0.246 e. The van der Waals surface area contributed by atoms with Gasteiger partial charge in [-0.15, -0.1) is 0 Å². The second kappa shape index (κ2) is 5.02. The average molecular weight is 284 g/mol. The van der Waals surface area contributed by atoms with Gasteiger partial charge in [-0.2, -0.15) is 4.31 Å². The molecule has 0 aliphatic carbocycles. The number of benzene rings is 1. The first kappa shape index (κ1) is 14.1. The number of rotatable bonds is 3. The lowest BCUT2D eigenvalue weighted by Crippen LogP contribution is -2.29. The van der Waals surface area contributed by atoms with Gasteiger partial charge in [0.15, 0.2) is 0 Å². The molecular weight excluding hydrogens is 264 g/mol. The summed E-state index contributed by atoms with van der Waals surface area (Å²) in [6, 6.07) is 4.68. The van der Waals surface area contributed by atoms with E-state index in [-0.39, 0.29) is 4.90 Å². The van der Waals surface area contributed by atoms with Crippen molar-refractivity contribution < 1.29 is 13.2 Å². The van der Waals surface area contributed by atoms with Crippen molar-refractivity contribution in [3.63, 3.8) is 0 Å². The van der Waals surface area contributed by atoms with Crippen molar-refractivity contribution in [1.29, 1.82) is 0 Å². The van der Waals surface area contributed by atoms with E-state index in [1.54, 1.807) is 12.1 Å². The fraction of sp³-hybridized carbons (Fsp3) is 0.538. The van der Waals surface area contributed by atoms with Gasteiger partial charge in [0.25, 0.3) is 0 Å². The molecule has 1 heterocycles. The van der Waals surface area contributed by atoms with E-state index in [9.17, 15) is 8.42 Å². The largest absolute Gasteiger partial charge is 0.495 e. The number of hydrogen-bond acceptors (Lipinski definition) is 4. The standard InChI is InChI=1S/C13H20N2O3S/c1-9-7-15(8-10(9)2)19(16,17)13-6-11(14)4-5-12(13)18-3/h4-6,9-10H,7-8,14H2,1-3H3. The Kier molecular flexibility index (Phi) is 3.73. The van der Waals surface area contributed by atoms with Gasteiger partial charge in [0.1, 0.15) is 10.6 Å². The number of nitrogens with zero attached hydrogens (tertiary/aromatic N) is 1. The van der Waals surface area contributed by atoms with Gasteiger partial charge in [-0.1, -0.05) is 13.8 Å². The lowest BCUT2D eigenvalue weighted by molar-refractivity contribution is 0.397. The van der Waals surface area contributed by atoms with Gasteiger partial charge >= 0.3 is 0 Å². The molecule has 1 fully saturated rings. The normalized spacial score (nSPS) is 24.6. The average Bonchev–Trinajstić information content (AvgIpc) is 2.70. The Morgan fingerprint density at radius 3 is 2.37 bits per heavy atom. The highest BCUT2D eigenvalue weighted by molar-refractivity contribution is 7.89. The highest BCUT2D eigenvalue weighted by atomic mass is 32.2. The minimum Gasteiger partial charge on any atom is -0.495 e. The summed E-state index contributed by atoms with van der Waals surface area (Å²) in [7, 11) is -2.08. The Morgan fingerprint density at radius 2 is 1.84 bits per heavy atom. The minimum atomic E-state index is -3.54. The van der Waals surface area contributed by atoms with Crippen LogP contribution >= 0.6 is 0 Å². The van der Waals surface area contributed by atoms with Gasteiger partial charge in [-0.05, 0) is 30.0 Å². The molecule has 1 saturated heterocycles. The van der Waals surface area contributed by atoms with Gasteiger partial charge < -0.3 is 10.5 Å². The van der Waals surface area contributed by atoms with Crippen LogP contribution < -0.4 is 10.5 Å². The van der Waals surface area contributed by atoms with E-state index < -0.39 is 10.0 Å². The van der Waals surface area contributed by atoms with Crippen LogP contribution in [0.3, 0.4) is 0 Å². The van der Waals surface area contributed by atoms with Crippen molar-refractivity contribution in [1.82, 2.24) is 4.31 Å². The van der Waals surface area contributed by atoms with Crippen LogP contribution in [0, 0.1) is 11.8 Å². The summed E-state index contributed by atoms with van der Waals surface area (Å²) < 4.78 is 31.9. The third-order valence-corrected chi connectivity index (χ3v) is 5.61. The topological polar surface area (TPSA) is 72.6 Å². The molecule has 1 aliphatic heterocycles. The first-order chi connectivity index (χ1) is 8.86. The van der Waals surface area contributed by atoms with Crippen LogP contribution in [-0.4, -0.2) is 32.9 Å². The fourth-order valence-electron chi connectivity index (χ4n) is 2.31. The van der Waals surface area contributed by atoms with Crippen molar-refractivity contribution in [3.05, 3.63) is 18.2 Å². The zero-order chi connectivity index (χ0) is 14.2. The van der Waals surface area contributed by atoms with Crippen molar-refractivity contribution in [2.45, 2.75) is 18.7 Å². The van der Waals surface area contributed by atoms with Gasteiger partial charge in [0.2, 0.25) is 10.0 Å². The molecule has 2 unspecified atom stereocenters. The number of ether oxygens (including phenoxy) is 1. The van der Waals surface area contributed by atoms with Crippen LogP contribution in [0.1, 0.15) is 13.8 Å². The number of sulfonamides is 1. The summed E-state index contributed by atoms with van der Waals surface area (Å²) in [5.41, 5.74) is 6.11. The molecule has 2 atom stereocenters. The first-order valence-corrected chi connectivity index (χ1v) is 7.74. The van der Waals surface area contributed by atoms with E-state index in [0.717, 1.165) is 0 Å². The number of methoxy groups -OCH3 is 1. The quantitative estimate of drug-likeness (QED) is 0.855. The number of anilines is 1. The molecule has 0 saturated carbocycles. The summed E-state index contributed by atoms with van der Waals surface area (Å²) in [4.78, 5) is 0.149. The highest BCUT2D eigenvalue weighted by Gasteiger charge is 2.36. The summed E-state index contributed by atoms with van der Waals surface area (Å²) in [5.74, 6) is 1.06. The third kappa shape index (κ3) is 2.55. The summed E-state index contributed by atoms with van der Waals surface area (Å²) in [5, 5.41) is 0. The van der Waals surface area contributed by atoms with E-state index in [1.807, 2.05) is 0 Å². The van der Waals surface area contributed by atoms with Crippen LogP contribution in [0.2, 0.25) is 0 Å². The van der Waals surface area contributed by atoms with Gasteiger partial charge in [0.05, 0.1) is 7.11 Å². The number of nitrogen functional groups attached to an aromatic ring is 1. The maximum Gasteiger partial charge on any atom is 0.246 e. The maximum atomic E-state index is 12.6. The van der Waals surface area contributed by atoms with Gasteiger partial charge in [-0.3, -0.25) is 0 Å². The van der Waals surface area contributed by atoms with Crippen molar-refractivity contribution in [3.8, 4) is 5.75 Å². The summed E-state index contributed by atoms with van der Waals surface area (Å²) in [6.07, 6.45) is 0. The fourth-order valence-corrected chi connectivity index (χ4v) is 4.14. The Morgan fingerprint density at radius 1 is 1.26 bits per heavy atom. The second-order valence-corrected chi connectivity index (χ2v) is 7.09. The summed E-state index contributed by atoms with van der Waals surface area (Å²) >= 11 is 0. The molecule has 1 aromatic carbocycles.